The fourth-order valence-corrected chi connectivity index (χ4v) is 1.24. The third kappa shape index (κ3) is 3.74. The highest BCUT2D eigenvalue weighted by atomic mass is 32.2. The van der Waals surface area contributed by atoms with E-state index in [1.54, 1.807) is 0 Å². The summed E-state index contributed by atoms with van der Waals surface area (Å²) in [6, 6.07) is 5.98. The van der Waals surface area contributed by atoms with Gasteiger partial charge in [0, 0.05) is 25.0 Å². The minimum atomic E-state index is 0.876. The molecule has 1 N–H and O–H groups in total. The van der Waals surface area contributed by atoms with Crippen LogP contribution in [0.25, 0.3) is 0 Å². The lowest BCUT2D eigenvalue weighted by Crippen LogP contribution is -2.16. The van der Waals surface area contributed by atoms with Gasteiger partial charge >= 0.3 is 0 Å². The summed E-state index contributed by atoms with van der Waals surface area (Å²) in [6.07, 6.45) is 3.94. The van der Waals surface area contributed by atoms with E-state index in [2.05, 4.69) is 16.6 Å². The van der Waals surface area contributed by atoms with E-state index in [-0.39, 0.29) is 0 Å². The number of pyridine rings is 1. The van der Waals surface area contributed by atoms with Crippen LogP contribution in [0, 0.1) is 0 Å². The average Bonchev–Trinajstić information content (AvgIpc) is 2.14. The molecule has 3 heteroatoms. The second-order valence-corrected chi connectivity index (χ2v) is 3.48. The van der Waals surface area contributed by atoms with Crippen molar-refractivity contribution in [3.63, 3.8) is 0 Å². The fourth-order valence-electron chi connectivity index (χ4n) is 0.893. The summed E-state index contributed by atoms with van der Waals surface area (Å²) in [4.78, 5) is 4.21. The number of hydrogen-bond acceptors (Lipinski definition) is 3. The number of thioether (sulfide) groups is 1. The van der Waals surface area contributed by atoms with Gasteiger partial charge in [0.1, 0.15) is 0 Å². The summed E-state index contributed by atoms with van der Waals surface area (Å²) in [5, 5.41) is 3.32. The van der Waals surface area contributed by atoms with Gasteiger partial charge in [-0.15, -0.1) is 0 Å². The summed E-state index contributed by atoms with van der Waals surface area (Å²) in [7, 11) is 0. The van der Waals surface area contributed by atoms with Crippen molar-refractivity contribution in [1.29, 1.82) is 0 Å². The van der Waals surface area contributed by atoms with Gasteiger partial charge in [0.2, 0.25) is 0 Å². The van der Waals surface area contributed by atoms with Crippen molar-refractivity contribution in [3.05, 3.63) is 30.1 Å². The van der Waals surface area contributed by atoms with E-state index in [0.717, 1.165) is 24.5 Å². The molecule has 0 saturated heterocycles. The Kier molecular flexibility index (Phi) is 4.80. The summed E-state index contributed by atoms with van der Waals surface area (Å²) < 4.78 is 0. The van der Waals surface area contributed by atoms with Gasteiger partial charge in [-0.05, 0) is 18.4 Å². The van der Waals surface area contributed by atoms with Crippen LogP contribution in [0.1, 0.15) is 5.69 Å². The molecule has 0 spiro atoms. The Morgan fingerprint density at radius 2 is 2.42 bits per heavy atom. The second-order valence-electron chi connectivity index (χ2n) is 2.49. The third-order valence-electron chi connectivity index (χ3n) is 1.52. The Labute approximate surface area is 77.8 Å². The number of rotatable bonds is 5. The van der Waals surface area contributed by atoms with E-state index in [4.69, 9.17) is 0 Å². The van der Waals surface area contributed by atoms with Crippen LogP contribution >= 0.6 is 11.8 Å². The van der Waals surface area contributed by atoms with Crippen LogP contribution in [0.5, 0.6) is 0 Å². The smallest absolute Gasteiger partial charge is 0.0541 e. The maximum Gasteiger partial charge on any atom is 0.0541 e. The molecule has 0 aromatic carbocycles. The molecule has 1 rings (SSSR count). The fraction of sp³-hybridized carbons (Fsp3) is 0.444. The van der Waals surface area contributed by atoms with Crippen LogP contribution in [0.3, 0.4) is 0 Å². The zero-order valence-electron chi connectivity index (χ0n) is 7.29. The first-order valence-corrected chi connectivity index (χ1v) is 5.42. The van der Waals surface area contributed by atoms with Crippen LogP contribution in [0.15, 0.2) is 24.4 Å². The summed E-state index contributed by atoms with van der Waals surface area (Å²) in [5.41, 5.74) is 1.11. The van der Waals surface area contributed by atoms with E-state index < -0.39 is 0 Å². The third-order valence-corrected chi connectivity index (χ3v) is 2.13. The first kappa shape index (κ1) is 9.55. The average molecular weight is 182 g/mol. The van der Waals surface area contributed by atoms with Gasteiger partial charge in [-0.2, -0.15) is 11.8 Å². The van der Waals surface area contributed by atoms with Crippen molar-refractivity contribution in [1.82, 2.24) is 10.3 Å². The van der Waals surface area contributed by atoms with E-state index in [0.29, 0.717) is 0 Å². The number of hydrogen-bond donors (Lipinski definition) is 1. The monoisotopic (exact) mass is 182 g/mol. The molecule has 0 radical (unpaired) electrons. The van der Waals surface area contributed by atoms with Crippen LogP contribution < -0.4 is 5.32 Å². The second kappa shape index (κ2) is 6.03. The van der Waals surface area contributed by atoms with Gasteiger partial charge < -0.3 is 5.32 Å². The molecule has 1 heterocycles. The Bertz CT molecular complexity index is 201. The molecule has 0 aliphatic heterocycles. The first-order valence-electron chi connectivity index (χ1n) is 4.03. The molecule has 0 unspecified atom stereocenters. The molecule has 0 aliphatic rings. The lowest BCUT2D eigenvalue weighted by molar-refractivity contribution is 0.716. The Morgan fingerprint density at radius 1 is 1.50 bits per heavy atom. The van der Waals surface area contributed by atoms with Crippen LogP contribution in [0.2, 0.25) is 0 Å². The molecule has 0 amide bonds. The van der Waals surface area contributed by atoms with E-state index >= 15 is 0 Å². The van der Waals surface area contributed by atoms with Crippen molar-refractivity contribution in [2.45, 2.75) is 6.54 Å². The molecule has 0 bridgehead atoms. The van der Waals surface area contributed by atoms with Crippen LogP contribution in [-0.2, 0) is 6.54 Å². The zero-order chi connectivity index (χ0) is 8.65. The Balaban J connectivity index is 2.16. The zero-order valence-corrected chi connectivity index (χ0v) is 8.10. The largest absolute Gasteiger partial charge is 0.310 e. The topological polar surface area (TPSA) is 24.9 Å². The predicted octanol–water partition coefficient (Wildman–Crippen LogP) is 1.53. The summed E-state index contributed by atoms with van der Waals surface area (Å²) in [6.45, 7) is 1.93. The van der Waals surface area contributed by atoms with Crippen molar-refractivity contribution >= 4 is 11.8 Å². The van der Waals surface area contributed by atoms with Gasteiger partial charge in [-0.1, -0.05) is 6.07 Å². The minimum Gasteiger partial charge on any atom is -0.310 e. The molecule has 12 heavy (non-hydrogen) atoms. The van der Waals surface area contributed by atoms with E-state index in [1.807, 2.05) is 36.2 Å². The highest BCUT2D eigenvalue weighted by Gasteiger charge is 1.90. The molecule has 1 aromatic rings. The van der Waals surface area contributed by atoms with Crippen molar-refractivity contribution < 1.29 is 0 Å². The number of aromatic nitrogens is 1. The highest BCUT2D eigenvalue weighted by Crippen LogP contribution is 1.92. The molecule has 66 valence electrons. The maximum absolute atomic E-state index is 4.21. The molecule has 2 nitrogen and oxygen atoms in total. The van der Waals surface area contributed by atoms with Gasteiger partial charge in [-0.3, -0.25) is 4.98 Å². The van der Waals surface area contributed by atoms with Crippen molar-refractivity contribution in [2.24, 2.45) is 0 Å². The van der Waals surface area contributed by atoms with Crippen LogP contribution in [0.4, 0.5) is 0 Å². The van der Waals surface area contributed by atoms with Crippen LogP contribution in [-0.4, -0.2) is 23.5 Å². The SMILES string of the molecule is CSCCNCc1ccccn1. The van der Waals surface area contributed by atoms with Crippen molar-refractivity contribution in [2.75, 3.05) is 18.6 Å². The van der Waals surface area contributed by atoms with Gasteiger partial charge in [0.25, 0.3) is 0 Å². The molecule has 0 saturated carbocycles. The molecular formula is C9H14N2S. The molecule has 0 aliphatic carbocycles. The van der Waals surface area contributed by atoms with Gasteiger partial charge in [-0.25, -0.2) is 0 Å². The number of nitrogens with zero attached hydrogens (tertiary/aromatic N) is 1. The maximum atomic E-state index is 4.21. The quantitative estimate of drug-likeness (QED) is 0.699. The molecular weight excluding hydrogens is 168 g/mol. The standard InChI is InChI=1S/C9H14N2S/c1-12-7-6-10-8-9-4-2-3-5-11-9/h2-5,10H,6-8H2,1H3. The summed E-state index contributed by atoms with van der Waals surface area (Å²) in [5.74, 6) is 1.16. The lowest BCUT2D eigenvalue weighted by Gasteiger charge is -2.01. The summed E-state index contributed by atoms with van der Waals surface area (Å²) >= 11 is 1.85. The minimum absolute atomic E-state index is 0.876. The van der Waals surface area contributed by atoms with Gasteiger partial charge in [0.15, 0.2) is 0 Å². The highest BCUT2D eigenvalue weighted by molar-refractivity contribution is 7.98. The Morgan fingerprint density at radius 3 is 3.08 bits per heavy atom. The molecule has 1 aromatic heterocycles. The molecule has 0 atom stereocenters. The first-order chi connectivity index (χ1) is 5.93. The van der Waals surface area contributed by atoms with E-state index in [9.17, 15) is 0 Å². The predicted molar refractivity (Wildman–Crippen MR) is 54.3 cm³/mol. The van der Waals surface area contributed by atoms with E-state index in [1.165, 1.54) is 0 Å². The Hall–Kier alpha value is -0.540. The van der Waals surface area contributed by atoms with Gasteiger partial charge in [0.05, 0.1) is 5.69 Å². The number of nitrogens with one attached hydrogen (secondary N) is 1. The van der Waals surface area contributed by atoms with Crippen molar-refractivity contribution in [3.8, 4) is 0 Å². The molecule has 0 fully saturated rings. The lowest BCUT2D eigenvalue weighted by atomic mass is 10.3. The normalized spacial score (nSPS) is 10.1.